The Morgan fingerprint density at radius 1 is 0.579 bits per heavy atom. The Morgan fingerprint density at radius 2 is 1.24 bits per heavy atom. The molecule has 0 saturated heterocycles. The topological polar surface area (TPSA) is 3.24 Å². The average Bonchev–Trinajstić information content (AvgIpc) is 3.31. The monoisotopic (exact) mass is 487 g/mol. The molecule has 182 valence electrons. The summed E-state index contributed by atoms with van der Waals surface area (Å²) in [4.78, 5) is 2.50. The van der Waals surface area contributed by atoms with Gasteiger partial charge in [0.15, 0.2) is 0 Å². The maximum Gasteiger partial charge on any atom is 0.0503 e. The number of anilines is 2. The van der Waals surface area contributed by atoms with Crippen LogP contribution in [0.5, 0.6) is 0 Å². The summed E-state index contributed by atoms with van der Waals surface area (Å²) < 4.78 is 0. The van der Waals surface area contributed by atoms with E-state index in [9.17, 15) is 0 Å². The molecule has 7 rings (SSSR count). The number of fused-ring (bicyclic) bond motifs is 3. The first-order valence-corrected chi connectivity index (χ1v) is 13.4. The lowest BCUT2D eigenvalue weighted by Crippen LogP contribution is -2.14. The second kappa shape index (κ2) is 9.36. The third kappa shape index (κ3) is 3.97. The Kier molecular flexibility index (Phi) is 5.56. The van der Waals surface area contributed by atoms with Gasteiger partial charge in [0.2, 0.25) is 0 Å². The van der Waals surface area contributed by atoms with Gasteiger partial charge in [-0.25, -0.2) is 0 Å². The van der Waals surface area contributed by atoms with Crippen LogP contribution in [-0.4, -0.2) is 0 Å². The van der Waals surface area contributed by atoms with E-state index in [0.717, 1.165) is 6.42 Å². The number of nitrogens with zero attached hydrogens (tertiary/aromatic N) is 1. The molecule has 5 aromatic rings. The van der Waals surface area contributed by atoms with Gasteiger partial charge in [-0.05, 0) is 82.6 Å². The molecule has 0 N–H and O–H groups in total. The van der Waals surface area contributed by atoms with Gasteiger partial charge >= 0.3 is 0 Å². The van der Waals surface area contributed by atoms with Crippen molar-refractivity contribution in [3.63, 3.8) is 0 Å². The fraction of sp³-hybridized carbons (Fsp3) is 0.0811. The van der Waals surface area contributed by atoms with Gasteiger partial charge in [0.1, 0.15) is 0 Å². The summed E-state index contributed by atoms with van der Waals surface area (Å²) in [5.41, 5.74) is 14.0. The quantitative estimate of drug-likeness (QED) is 0.244. The van der Waals surface area contributed by atoms with Gasteiger partial charge in [-0.3, -0.25) is 0 Å². The van der Waals surface area contributed by atoms with Crippen molar-refractivity contribution in [2.45, 2.75) is 19.3 Å². The molecular formula is C37H29N. The molecule has 0 aromatic heterocycles. The molecular weight excluding hydrogens is 458 g/mol. The van der Waals surface area contributed by atoms with Crippen molar-refractivity contribution < 1.29 is 0 Å². The number of hydrogen-bond acceptors (Lipinski definition) is 1. The Balaban J connectivity index is 1.44. The first-order chi connectivity index (χ1) is 18.7. The Bertz CT molecular complexity index is 1630. The fourth-order valence-electron chi connectivity index (χ4n) is 5.93. The maximum absolute atomic E-state index is 2.50. The predicted molar refractivity (Wildman–Crippen MR) is 161 cm³/mol. The average molecular weight is 488 g/mol. The highest BCUT2D eigenvalue weighted by atomic mass is 15.2. The van der Waals surface area contributed by atoms with Crippen LogP contribution in [0.4, 0.5) is 11.4 Å². The van der Waals surface area contributed by atoms with Crippen molar-refractivity contribution >= 4 is 11.4 Å². The second-order valence-corrected chi connectivity index (χ2v) is 10.3. The van der Waals surface area contributed by atoms with Crippen LogP contribution in [0.3, 0.4) is 0 Å². The highest BCUT2D eigenvalue weighted by Gasteiger charge is 2.35. The van der Waals surface area contributed by atoms with Crippen LogP contribution in [0.25, 0.3) is 33.4 Å². The smallest absolute Gasteiger partial charge is 0.0503 e. The molecule has 1 aliphatic heterocycles. The minimum Gasteiger partial charge on any atom is -0.313 e. The number of hydrogen-bond donors (Lipinski definition) is 0. The third-order valence-electron chi connectivity index (χ3n) is 7.78. The normalized spacial score (nSPS) is 15.7. The van der Waals surface area contributed by atoms with E-state index in [2.05, 4.69) is 151 Å². The van der Waals surface area contributed by atoms with E-state index in [4.69, 9.17) is 0 Å². The number of aryl methyl sites for hydroxylation is 1. The molecule has 1 unspecified atom stereocenters. The second-order valence-electron chi connectivity index (χ2n) is 10.3. The molecule has 0 saturated carbocycles. The zero-order chi connectivity index (χ0) is 25.5. The molecule has 0 bridgehead atoms. The summed E-state index contributed by atoms with van der Waals surface area (Å²) in [6.45, 7) is 2.16. The van der Waals surface area contributed by atoms with E-state index in [1.165, 1.54) is 61.6 Å². The van der Waals surface area contributed by atoms with Crippen LogP contribution in [0.15, 0.2) is 145 Å². The first kappa shape index (κ1) is 22.6. The summed E-state index contributed by atoms with van der Waals surface area (Å²) in [7, 11) is 0. The summed E-state index contributed by atoms with van der Waals surface area (Å²) in [6, 6.07) is 44.3. The van der Waals surface area contributed by atoms with E-state index in [0.29, 0.717) is 5.92 Å². The zero-order valence-corrected chi connectivity index (χ0v) is 21.5. The molecule has 2 aliphatic rings. The highest BCUT2D eigenvalue weighted by molar-refractivity contribution is 5.87. The van der Waals surface area contributed by atoms with Gasteiger partial charge in [0.05, 0.1) is 5.69 Å². The van der Waals surface area contributed by atoms with Crippen molar-refractivity contribution in [1.82, 2.24) is 0 Å². The molecule has 1 heteroatoms. The molecule has 0 radical (unpaired) electrons. The lowest BCUT2D eigenvalue weighted by atomic mass is 9.91. The molecule has 0 fully saturated rings. The van der Waals surface area contributed by atoms with Crippen molar-refractivity contribution in [2.75, 3.05) is 4.90 Å². The Morgan fingerprint density at radius 3 is 1.92 bits per heavy atom. The largest absolute Gasteiger partial charge is 0.313 e. The summed E-state index contributed by atoms with van der Waals surface area (Å²) >= 11 is 0. The van der Waals surface area contributed by atoms with Gasteiger partial charge in [-0.15, -0.1) is 0 Å². The SMILES string of the molecule is Cc1cccc(-c2ccc3c(c2)N(c2cc(-c4ccccc4)cc(-c4ccccc4)c2)C2=CC=CCC23)c1. The van der Waals surface area contributed by atoms with Crippen LogP contribution in [-0.2, 0) is 0 Å². The van der Waals surface area contributed by atoms with Crippen LogP contribution < -0.4 is 4.90 Å². The number of rotatable bonds is 4. The van der Waals surface area contributed by atoms with Crippen molar-refractivity contribution in [3.8, 4) is 33.4 Å². The molecule has 1 heterocycles. The van der Waals surface area contributed by atoms with Crippen molar-refractivity contribution in [3.05, 3.63) is 156 Å². The van der Waals surface area contributed by atoms with Gasteiger partial charge in [-0.1, -0.05) is 115 Å². The van der Waals surface area contributed by atoms with Crippen molar-refractivity contribution in [2.24, 2.45) is 0 Å². The Labute approximate surface area is 225 Å². The molecule has 1 aliphatic carbocycles. The molecule has 5 aromatic carbocycles. The van der Waals surface area contributed by atoms with E-state index in [-0.39, 0.29) is 0 Å². The van der Waals surface area contributed by atoms with E-state index >= 15 is 0 Å². The van der Waals surface area contributed by atoms with Gasteiger partial charge in [-0.2, -0.15) is 0 Å². The minimum atomic E-state index is 0.377. The highest BCUT2D eigenvalue weighted by Crippen LogP contribution is 2.52. The lowest BCUT2D eigenvalue weighted by molar-refractivity contribution is 0.820. The van der Waals surface area contributed by atoms with E-state index in [1.807, 2.05) is 0 Å². The van der Waals surface area contributed by atoms with Gasteiger partial charge < -0.3 is 4.90 Å². The van der Waals surface area contributed by atoms with Gasteiger partial charge in [0, 0.05) is 17.3 Å². The van der Waals surface area contributed by atoms with Crippen LogP contribution in [0, 0.1) is 6.92 Å². The Hall–Kier alpha value is -4.62. The first-order valence-electron chi connectivity index (χ1n) is 13.4. The number of allylic oxidation sites excluding steroid dienone is 4. The predicted octanol–water partition coefficient (Wildman–Crippen LogP) is 10.1. The summed E-state index contributed by atoms with van der Waals surface area (Å²) in [6.07, 6.45) is 7.85. The summed E-state index contributed by atoms with van der Waals surface area (Å²) in [5, 5.41) is 0. The van der Waals surface area contributed by atoms with E-state index < -0.39 is 0 Å². The standard InChI is InChI=1S/C37H29N/c1-26-11-10-16-29(21-26)30-19-20-35-34-17-8-9-18-36(34)38(37(35)25-30)33-23-31(27-12-4-2-5-13-27)22-32(24-33)28-14-6-3-7-15-28/h2-16,18-25,34H,17H2,1H3. The number of benzene rings is 5. The maximum atomic E-state index is 2.50. The molecule has 1 atom stereocenters. The molecule has 0 amide bonds. The third-order valence-corrected chi connectivity index (χ3v) is 7.78. The zero-order valence-electron chi connectivity index (χ0n) is 21.5. The van der Waals surface area contributed by atoms with Crippen LogP contribution in [0.2, 0.25) is 0 Å². The van der Waals surface area contributed by atoms with Crippen LogP contribution in [0.1, 0.15) is 23.5 Å². The minimum absolute atomic E-state index is 0.377. The van der Waals surface area contributed by atoms with Crippen LogP contribution >= 0.6 is 0 Å². The van der Waals surface area contributed by atoms with Gasteiger partial charge in [0.25, 0.3) is 0 Å². The summed E-state index contributed by atoms with van der Waals surface area (Å²) in [5.74, 6) is 0.377. The fourth-order valence-corrected chi connectivity index (χ4v) is 5.93. The lowest BCUT2D eigenvalue weighted by Gasteiger charge is -2.26. The molecule has 38 heavy (non-hydrogen) atoms. The van der Waals surface area contributed by atoms with Crippen molar-refractivity contribution in [1.29, 1.82) is 0 Å². The molecule has 1 nitrogen and oxygen atoms in total. The van der Waals surface area contributed by atoms with E-state index in [1.54, 1.807) is 0 Å². The molecule has 0 spiro atoms.